The van der Waals surface area contributed by atoms with E-state index in [4.69, 9.17) is 4.74 Å². The largest absolute Gasteiger partial charge is 0.488 e. The zero-order chi connectivity index (χ0) is 23.5. The maximum absolute atomic E-state index is 12.5. The Balaban J connectivity index is 1.46. The first-order valence-corrected chi connectivity index (χ1v) is 13.5. The van der Waals surface area contributed by atoms with E-state index in [1.807, 2.05) is 50.3 Å². The van der Waals surface area contributed by atoms with Gasteiger partial charge in [0.05, 0.1) is 15.1 Å². The second-order valence-corrected chi connectivity index (χ2v) is 11.4. The quantitative estimate of drug-likeness (QED) is 0.218. The maximum Gasteiger partial charge on any atom is 0.264 e. The number of thioether (sulfide) groups is 1. The van der Waals surface area contributed by atoms with Crippen LogP contribution < -0.4 is 10.1 Å². The summed E-state index contributed by atoms with van der Waals surface area (Å²) in [5.41, 5.74) is 5.03. The SMILES string of the molecule is Cc1cc(N=C2NC(=O)/C(=C/c3ccc(OCc4ccc(I)cc4)c(Br)c3)S2)cc(C)c1Br. The fraction of sp³-hybridized carbons (Fsp3) is 0.120. The molecule has 168 valence electrons. The average Bonchev–Trinajstić information content (AvgIpc) is 3.11. The van der Waals surface area contributed by atoms with E-state index in [0.717, 1.165) is 42.6 Å². The average molecular weight is 698 g/mol. The zero-order valence-electron chi connectivity index (χ0n) is 17.8. The van der Waals surface area contributed by atoms with E-state index in [1.165, 1.54) is 15.3 Å². The van der Waals surface area contributed by atoms with Gasteiger partial charge in [-0.1, -0.05) is 34.1 Å². The van der Waals surface area contributed by atoms with Gasteiger partial charge in [0.25, 0.3) is 5.91 Å². The summed E-state index contributed by atoms with van der Waals surface area (Å²) in [6, 6.07) is 18.0. The second-order valence-electron chi connectivity index (χ2n) is 7.48. The Kier molecular flexibility index (Phi) is 7.99. The molecular formula is C25H19Br2IN2O2S. The van der Waals surface area contributed by atoms with Gasteiger partial charge in [-0.05, 0) is 129 Å². The normalized spacial score (nSPS) is 15.8. The van der Waals surface area contributed by atoms with Gasteiger partial charge < -0.3 is 10.1 Å². The third-order valence-electron chi connectivity index (χ3n) is 4.86. The number of halogens is 3. The fourth-order valence-electron chi connectivity index (χ4n) is 3.20. The lowest BCUT2D eigenvalue weighted by atomic mass is 10.1. The molecule has 1 fully saturated rings. The van der Waals surface area contributed by atoms with Gasteiger partial charge in [0.1, 0.15) is 12.4 Å². The van der Waals surface area contributed by atoms with E-state index in [0.29, 0.717) is 16.7 Å². The second kappa shape index (κ2) is 10.8. The number of amides is 1. The number of hydrogen-bond donors (Lipinski definition) is 1. The number of nitrogens with one attached hydrogen (secondary N) is 1. The van der Waals surface area contributed by atoms with Crippen LogP contribution in [0.4, 0.5) is 5.69 Å². The molecule has 4 nitrogen and oxygen atoms in total. The van der Waals surface area contributed by atoms with Gasteiger partial charge in [-0.25, -0.2) is 4.99 Å². The number of hydrogen-bond acceptors (Lipinski definition) is 4. The van der Waals surface area contributed by atoms with Gasteiger partial charge in [-0.15, -0.1) is 0 Å². The number of rotatable bonds is 5. The molecule has 1 N–H and O–H groups in total. The van der Waals surface area contributed by atoms with Gasteiger partial charge in [-0.3, -0.25) is 4.79 Å². The molecule has 1 heterocycles. The molecule has 1 saturated heterocycles. The van der Waals surface area contributed by atoms with Crippen molar-refractivity contribution in [3.63, 3.8) is 0 Å². The number of aliphatic imine (C=N–C) groups is 1. The van der Waals surface area contributed by atoms with Crippen LogP contribution in [0.5, 0.6) is 5.75 Å². The molecule has 33 heavy (non-hydrogen) atoms. The Bertz CT molecular complexity index is 1270. The molecule has 0 unspecified atom stereocenters. The topological polar surface area (TPSA) is 50.7 Å². The van der Waals surface area contributed by atoms with E-state index >= 15 is 0 Å². The lowest BCUT2D eigenvalue weighted by Gasteiger charge is -2.09. The van der Waals surface area contributed by atoms with E-state index in [1.54, 1.807) is 0 Å². The molecule has 3 aromatic carbocycles. The summed E-state index contributed by atoms with van der Waals surface area (Å²) < 4.78 is 9.05. The minimum atomic E-state index is -0.153. The lowest BCUT2D eigenvalue weighted by molar-refractivity contribution is -0.115. The number of amidine groups is 1. The lowest BCUT2D eigenvalue weighted by Crippen LogP contribution is -2.19. The molecule has 0 bridgehead atoms. The van der Waals surface area contributed by atoms with Crippen LogP contribution in [0.15, 0.2) is 73.4 Å². The van der Waals surface area contributed by atoms with Crippen LogP contribution in [-0.4, -0.2) is 11.1 Å². The van der Waals surface area contributed by atoms with Crippen LogP contribution in [0.25, 0.3) is 6.08 Å². The zero-order valence-corrected chi connectivity index (χ0v) is 23.9. The molecule has 0 radical (unpaired) electrons. The van der Waals surface area contributed by atoms with Crippen LogP contribution in [-0.2, 0) is 11.4 Å². The summed E-state index contributed by atoms with van der Waals surface area (Å²) in [5, 5.41) is 3.42. The standard InChI is InChI=1S/C25H19Br2IN2O2S/c1-14-9-19(10-15(2)23(14)27)29-25-30-24(31)22(33-25)12-17-5-8-21(20(26)11-17)32-13-16-3-6-18(28)7-4-16/h3-12H,13H2,1-2H3,(H,29,30,31)/b22-12-. The molecule has 0 aromatic heterocycles. The third-order valence-corrected chi connectivity index (χ3v) is 8.36. The van der Waals surface area contributed by atoms with Crippen molar-refractivity contribution in [2.45, 2.75) is 20.5 Å². The van der Waals surface area contributed by atoms with Crippen molar-refractivity contribution >= 4 is 89.1 Å². The summed E-state index contributed by atoms with van der Waals surface area (Å²) in [6.07, 6.45) is 1.86. The molecule has 4 rings (SSSR count). The summed E-state index contributed by atoms with van der Waals surface area (Å²) in [6.45, 7) is 4.54. The molecule has 8 heteroatoms. The highest BCUT2D eigenvalue weighted by Gasteiger charge is 2.24. The van der Waals surface area contributed by atoms with Gasteiger partial charge in [0.15, 0.2) is 5.17 Å². The van der Waals surface area contributed by atoms with Gasteiger partial charge in [0.2, 0.25) is 0 Å². The van der Waals surface area contributed by atoms with Crippen LogP contribution in [0.2, 0.25) is 0 Å². The molecule has 0 atom stereocenters. The van der Waals surface area contributed by atoms with Crippen LogP contribution in [0, 0.1) is 17.4 Å². The Morgan fingerprint density at radius 3 is 2.42 bits per heavy atom. The Morgan fingerprint density at radius 1 is 1.06 bits per heavy atom. The van der Waals surface area contributed by atoms with Gasteiger partial charge in [-0.2, -0.15) is 0 Å². The molecular weight excluding hydrogens is 679 g/mol. The third kappa shape index (κ3) is 6.29. The van der Waals surface area contributed by atoms with E-state index in [-0.39, 0.29) is 5.91 Å². The first-order valence-electron chi connectivity index (χ1n) is 10.0. The summed E-state index contributed by atoms with van der Waals surface area (Å²) in [4.78, 5) is 17.7. The molecule has 0 spiro atoms. The summed E-state index contributed by atoms with van der Waals surface area (Å²) >= 11 is 10.8. The number of ether oxygens (including phenoxy) is 1. The number of carbonyl (C=O) groups is 1. The predicted octanol–water partition coefficient (Wildman–Crippen LogP) is 7.90. The van der Waals surface area contributed by atoms with Crippen molar-refractivity contribution in [3.05, 3.63) is 94.3 Å². The van der Waals surface area contributed by atoms with E-state index in [9.17, 15) is 4.79 Å². The molecule has 3 aromatic rings. The number of nitrogens with zero attached hydrogens (tertiary/aromatic N) is 1. The number of aryl methyl sites for hydroxylation is 2. The Hall–Kier alpha value is -1.62. The molecule has 1 aliphatic heterocycles. The predicted molar refractivity (Wildman–Crippen MR) is 152 cm³/mol. The molecule has 1 amide bonds. The highest BCUT2D eigenvalue weighted by Crippen LogP contribution is 2.33. The van der Waals surface area contributed by atoms with Gasteiger partial charge in [0, 0.05) is 8.04 Å². The summed E-state index contributed by atoms with van der Waals surface area (Å²) in [7, 11) is 0. The van der Waals surface area contributed by atoms with Gasteiger partial charge >= 0.3 is 0 Å². The Morgan fingerprint density at radius 2 is 1.76 bits per heavy atom. The number of carbonyl (C=O) groups excluding carboxylic acids is 1. The van der Waals surface area contributed by atoms with Crippen molar-refractivity contribution in [1.29, 1.82) is 0 Å². The van der Waals surface area contributed by atoms with Crippen molar-refractivity contribution in [2.75, 3.05) is 0 Å². The maximum atomic E-state index is 12.5. The van der Waals surface area contributed by atoms with Crippen molar-refractivity contribution in [2.24, 2.45) is 4.99 Å². The van der Waals surface area contributed by atoms with Crippen molar-refractivity contribution in [1.82, 2.24) is 5.32 Å². The summed E-state index contributed by atoms with van der Waals surface area (Å²) in [5.74, 6) is 0.599. The number of benzene rings is 3. The monoisotopic (exact) mass is 696 g/mol. The van der Waals surface area contributed by atoms with Crippen LogP contribution in [0.1, 0.15) is 22.3 Å². The molecule has 1 aliphatic rings. The smallest absolute Gasteiger partial charge is 0.264 e. The minimum absolute atomic E-state index is 0.153. The molecule has 0 saturated carbocycles. The molecule has 0 aliphatic carbocycles. The van der Waals surface area contributed by atoms with E-state index < -0.39 is 0 Å². The highest BCUT2D eigenvalue weighted by atomic mass is 127. The highest BCUT2D eigenvalue weighted by molar-refractivity contribution is 14.1. The Labute approximate surface area is 227 Å². The first-order chi connectivity index (χ1) is 15.8. The van der Waals surface area contributed by atoms with Crippen molar-refractivity contribution in [3.8, 4) is 5.75 Å². The first kappa shape index (κ1) is 24.5. The van der Waals surface area contributed by atoms with Crippen LogP contribution in [0.3, 0.4) is 0 Å². The van der Waals surface area contributed by atoms with E-state index in [2.05, 4.69) is 89.0 Å². The van der Waals surface area contributed by atoms with Crippen molar-refractivity contribution < 1.29 is 9.53 Å². The fourth-order valence-corrected chi connectivity index (χ4v) is 5.14. The minimum Gasteiger partial charge on any atom is -0.488 e. The van der Waals surface area contributed by atoms with Crippen LogP contribution >= 0.6 is 66.2 Å².